The molecular formula is C22H22N2O2. The lowest BCUT2D eigenvalue weighted by Crippen LogP contribution is -2.40. The molecule has 2 aromatic rings. The SMILES string of the molecule is Cc1ccccc1[C@H]1[C@H]2C(=O)N(C)C(=O)[C@H]2[C@@H]2c3ccccc3CCN21. The minimum atomic E-state index is -0.287. The van der Waals surface area contributed by atoms with Crippen molar-refractivity contribution in [3.8, 4) is 0 Å². The first-order valence-corrected chi connectivity index (χ1v) is 9.30. The summed E-state index contributed by atoms with van der Waals surface area (Å²) in [6.07, 6.45) is 0.965. The lowest BCUT2D eigenvalue weighted by Gasteiger charge is -2.38. The van der Waals surface area contributed by atoms with Crippen LogP contribution in [-0.4, -0.2) is 35.2 Å². The largest absolute Gasteiger partial charge is 0.287 e. The van der Waals surface area contributed by atoms with Crippen molar-refractivity contribution in [2.24, 2.45) is 11.8 Å². The first kappa shape index (κ1) is 15.8. The molecule has 3 heterocycles. The molecule has 3 aliphatic rings. The zero-order chi connectivity index (χ0) is 18.0. The third-order valence-electron chi connectivity index (χ3n) is 6.53. The highest BCUT2D eigenvalue weighted by atomic mass is 16.2. The van der Waals surface area contributed by atoms with Gasteiger partial charge < -0.3 is 0 Å². The van der Waals surface area contributed by atoms with Crippen LogP contribution in [0, 0.1) is 18.8 Å². The van der Waals surface area contributed by atoms with Gasteiger partial charge in [-0.25, -0.2) is 0 Å². The fourth-order valence-electron chi connectivity index (χ4n) is 5.35. The average Bonchev–Trinajstić information content (AvgIpc) is 3.11. The molecule has 4 atom stereocenters. The molecule has 0 aliphatic carbocycles. The Balaban J connectivity index is 1.72. The Morgan fingerprint density at radius 1 is 0.846 bits per heavy atom. The fourth-order valence-corrected chi connectivity index (χ4v) is 5.35. The van der Waals surface area contributed by atoms with Crippen LogP contribution in [0.1, 0.15) is 34.3 Å². The summed E-state index contributed by atoms with van der Waals surface area (Å²) in [7, 11) is 1.64. The lowest BCUT2D eigenvalue weighted by atomic mass is 9.82. The van der Waals surface area contributed by atoms with Gasteiger partial charge in [0.1, 0.15) is 0 Å². The maximum absolute atomic E-state index is 13.0. The number of amides is 2. The highest BCUT2D eigenvalue weighted by Gasteiger charge is 2.62. The number of rotatable bonds is 1. The van der Waals surface area contributed by atoms with Crippen LogP contribution in [-0.2, 0) is 16.0 Å². The number of nitrogens with zero attached hydrogens (tertiary/aromatic N) is 2. The maximum atomic E-state index is 13.0. The molecule has 5 rings (SSSR count). The van der Waals surface area contributed by atoms with E-state index in [0.717, 1.165) is 13.0 Å². The first-order valence-electron chi connectivity index (χ1n) is 9.30. The van der Waals surface area contributed by atoms with Gasteiger partial charge in [0.25, 0.3) is 0 Å². The van der Waals surface area contributed by atoms with E-state index in [0.29, 0.717) is 0 Å². The summed E-state index contributed by atoms with van der Waals surface area (Å²) >= 11 is 0. The van der Waals surface area contributed by atoms with Crippen molar-refractivity contribution in [2.45, 2.75) is 25.4 Å². The summed E-state index contributed by atoms with van der Waals surface area (Å²) < 4.78 is 0. The maximum Gasteiger partial charge on any atom is 0.234 e. The molecule has 0 aromatic heterocycles. The Morgan fingerprint density at radius 2 is 1.42 bits per heavy atom. The Hall–Kier alpha value is -2.46. The summed E-state index contributed by atoms with van der Waals surface area (Å²) in [6, 6.07) is 16.7. The van der Waals surface area contributed by atoms with Crippen molar-refractivity contribution in [3.63, 3.8) is 0 Å². The molecule has 0 saturated carbocycles. The molecule has 0 N–H and O–H groups in total. The summed E-state index contributed by atoms with van der Waals surface area (Å²) in [5, 5.41) is 0. The predicted molar refractivity (Wildman–Crippen MR) is 98.3 cm³/mol. The van der Waals surface area contributed by atoms with Gasteiger partial charge in [-0.05, 0) is 35.6 Å². The number of imide groups is 1. The summed E-state index contributed by atoms with van der Waals surface area (Å²) in [4.78, 5) is 29.8. The van der Waals surface area contributed by atoms with Crippen LogP contribution in [0.2, 0.25) is 0 Å². The number of carbonyl (C=O) groups is 2. The molecule has 3 aliphatic heterocycles. The van der Waals surface area contributed by atoms with Gasteiger partial charge in [0, 0.05) is 25.7 Å². The van der Waals surface area contributed by atoms with Crippen LogP contribution in [0.25, 0.3) is 0 Å². The van der Waals surface area contributed by atoms with E-state index in [1.807, 2.05) is 18.2 Å². The van der Waals surface area contributed by atoms with Crippen LogP contribution in [0.3, 0.4) is 0 Å². The first-order chi connectivity index (χ1) is 12.6. The van der Waals surface area contributed by atoms with Crippen molar-refractivity contribution in [1.82, 2.24) is 9.80 Å². The molecule has 4 nitrogen and oxygen atoms in total. The monoisotopic (exact) mass is 346 g/mol. The van der Waals surface area contributed by atoms with Crippen LogP contribution in [0.5, 0.6) is 0 Å². The predicted octanol–water partition coefficient (Wildman–Crippen LogP) is 2.88. The van der Waals surface area contributed by atoms with E-state index < -0.39 is 0 Å². The number of hydrogen-bond acceptors (Lipinski definition) is 3. The second kappa shape index (κ2) is 5.52. The van der Waals surface area contributed by atoms with E-state index in [9.17, 15) is 9.59 Å². The van der Waals surface area contributed by atoms with Gasteiger partial charge in [-0.15, -0.1) is 0 Å². The minimum absolute atomic E-state index is 0.00374. The Morgan fingerprint density at radius 3 is 2.12 bits per heavy atom. The van der Waals surface area contributed by atoms with Gasteiger partial charge in [-0.3, -0.25) is 19.4 Å². The van der Waals surface area contributed by atoms with Crippen LogP contribution in [0.15, 0.2) is 48.5 Å². The van der Waals surface area contributed by atoms with Gasteiger partial charge in [-0.1, -0.05) is 48.5 Å². The standard InChI is InChI=1S/C22H22N2O2/c1-13-7-3-5-9-15(13)19-17-18(22(26)23(2)21(17)25)20-16-10-6-4-8-14(16)11-12-24(19)20/h3-10,17-20H,11-12H2,1-2H3/t17-,18+,19-,20-/m0/s1. The van der Waals surface area contributed by atoms with Crippen molar-refractivity contribution in [3.05, 3.63) is 70.8 Å². The van der Waals surface area contributed by atoms with Gasteiger partial charge in [-0.2, -0.15) is 0 Å². The third kappa shape index (κ3) is 1.93. The fraction of sp³-hybridized carbons (Fsp3) is 0.364. The third-order valence-corrected chi connectivity index (χ3v) is 6.53. The number of aryl methyl sites for hydroxylation is 1. The Labute approximate surface area is 153 Å². The molecule has 132 valence electrons. The summed E-state index contributed by atoms with van der Waals surface area (Å²) in [5.41, 5.74) is 4.90. The minimum Gasteiger partial charge on any atom is -0.287 e. The number of likely N-dealkylation sites (tertiary alicyclic amines) is 1. The number of hydrogen-bond donors (Lipinski definition) is 0. The average molecular weight is 346 g/mol. The Kier molecular flexibility index (Phi) is 3.35. The quantitative estimate of drug-likeness (QED) is 0.746. The van der Waals surface area contributed by atoms with Gasteiger partial charge in [0.15, 0.2) is 0 Å². The second-order valence-corrected chi connectivity index (χ2v) is 7.72. The van der Waals surface area contributed by atoms with E-state index in [-0.39, 0.29) is 35.7 Å². The number of carbonyl (C=O) groups excluding carboxylic acids is 2. The van der Waals surface area contributed by atoms with E-state index in [1.165, 1.54) is 27.2 Å². The zero-order valence-corrected chi connectivity index (χ0v) is 15.1. The molecule has 2 fully saturated rings. The van der Waals surface area contributed by atoms with Crippen LogP contribution < -0.4 is 0 Å². The van der Waals surface area contributed by atoms with Crippen molar-refractivity contribution in [2.75, 3.05) is 13.6 Å². The molecule has 4 heteroatoms. The van der Waals surface area contributed by atoms with Crippen LogP contribution >= 0.6 is 0 Å². The van der Waals surface area contributed by atoms with Gasteiger partial charge in [0.2, 0.25) is 11.8 Å². The second-order valence-electron chi connectivity index (χ2n) is 7.72. The topological polar surface area (TPSA) is 40.6 Å². The summed E-state index contributed by atoms with van der Waals surface area (Å²) in [6.45, 7) is 2.98. The smallest absolute Gasteiger partial charge is 0.234 e. The van der Waals surface area contributed by atoms with E-state index in [1.54, 1.807) is 7.05 Å². The molecule has 2 saturated heterocycles. The lowest BCUT2D eigenvalue weighted by molar-refractivity contribution is -0.140. The van der Waals surface area contributed by atoms with Crippen molar-refractivity contribution >= 4 is 11.8 Å². The molecule has 2 aromatic carbocycles. The van der Waals surface area contributed by atoms with Crippen molar-refractivity contribution in [1.29, 1.82) is 0 Å². The van der Waals surface area contributed by atoms with Gasteiger partial charge >= 0.3 is 0 Å². The molecule has 0 bridgehead atoms. The Bertz CT molecular complexity index is 922. The highest BCUT2D eigenvalue weighted by Crippen LogP contribution is 2.57. The van der Waals surface area contributed by atoms with E-state index >= 15 is 0 Å². The summed E-state index contributed by atoms with van der Waals surface area (Å²) in [5.74, 6) is -0.619. The molecule has 0 spiro atoms. The van der Waals surface area contributed by atoms with Crippen molar-refractivity contribution < 1.29 is 9.59 Å². The molecule has 26 heavy (non-hydrogen) atoms. The molecule has 2 amide bonds. The molecule has 0 radical (unpaired) electrons. The normalized spacial score (nSPS) is 30.3. The molecule has 0 unspecified atom stereocenters. The van der Waals surface area contributed by atoms with E-state index in [4.69, 9.17) is 0 Å². The van der Waals surface area contributed by atoms with Gasteiger partial charge in [0.05, 0.1) is 11.8 Å². The zero-order valence-electron chi connectivity index (χ0n) is 15.1. The number of fused-ring (bicyclic) bond motifs is 5. The number of benzene rings is 2. The molecular weight excluding hydrogens is 324 g/mol. The highest BCUT2D eigenvalue weighted by molar-refractivity contribution is 6.06. The van der Waals surface area contributed by atoms with Crippen LogP contribution in [0.4, 0.5) is 0 Å². The van der Waals surface area contributed by atoms with E-state index in [2.05, 4.69) is 42.2 Å².